The van der Waals surface area contributed by atoms with Crippen LogP contribution in [0.4, 0.5) is 0 Å². The SMILES string of the molecule is CC[C@H]1Cc2[c-]cccc2CN1.[Y]. The van der Waals surface area contributed by atoms with Crippen LogP contribution in [0.2, 0.25) is 0 Å². The van der Waals surface area contributed by atoms with Gasteiger partial charge in [-0.25, -0.2) is 0 Å². The predicted molar refractivity (Wildman–Crippen MR) is 49.9 cm³/mol. The molecule has 13 heavy (non-hydrogen) atoms. The number of nitrogens with one attached hydrogen (secondary N) is 1. The Bertz CT molecular complexity index is 273. The third-order valence-electron chi connectivity index (χ3n) is 2.56. The first-order valence-electron chi connectivity index (χ1n) is 4.62. The van der Waals surface area contributed by atoms with E-state index in [1.165, 1.54) is 17.5 Å². The van der Waals surface area contributed by atoms with Crippen LogP contribution in [-0.4, -0.2) is 6.04 Å². The van der Waals surface area contributed by atoms with Gasteiger partial charge in [0.2, 0.25) is 0 Å². The van der Waals surface area contributed by atoms with E-state index >= 15 is 0 Å². The molecular formula is C11H14NY-. The van der Waals surface area contributed by atoms with E-state index in [9.17, 15) is 0 Å². The second-order valence-corrected chi connectivity index (χ2v) is 3.36. The molecule has 1 nitrogen and oxygen atoms in total. The average Bonchev–Trinajstić information content (AvgIpc) is 2.17. The minimum atomic E-state index is 0. The molecular weight excluding hydrogens is 235 g/mol. The Morgan fingerprint density at radius 3 is 3.23 bits per heavy atom. The van der Waals surface area contributed by atoms with Crippen LogP contribution in [0.15, 0.2) is 18.2 Å². The van der Waals surface area contributed by atoms with Crippen molar-refractivity contribution in [3.63, 3.8) is 0 Å². The molecule has 0 aliphatic carbocycles. The van der Waals surface area contributed by atoms with Crippen LogP contribution < -0.4 is 5.32 Å². The summed E-state index contributed by atoms with van der Waals surface area (Å²) in [6, 6.07) is 10.2. The van der Waals surface area contributed by atoms with Gasteiger partial charge in [0.25, 0.3) is 0 Å². The van der Waals surface area contributed by atoms with Crippen molar-refractivity contribution in [1.82, 2.24) is 5.32 Å². The Hall–Kier alpha value is 0.284. The van der Waals surface area contributed by atoms with Gasteiger partial charge >= 0.3 is 0 Å². The Labute approximate surface area is 105 Å². The predicted octanol–water partition coefficient (Wildman–Crippen LogP) is 1.91. The minimum absolute atomic E-state index is 0. The number of hydrogen-bond donors (Lipinski definition) is 1. The van der Waals surface area contributed by atoms with Gasteiger partial charge in [0, 0.05) is 38.8 Å². The molecule has 2 rings (SSSR count). The first kappa shape index (κ1) is 11.4. The second-order valence-electron chi connectivity index (χ2n) is 3.36. The smallest absolute Gasteiger partial charge is 0.00772 e. The van der Waals surface area contributed by atoms with Crippen molar-refractivity contribution < 1.29 is 32.7 Å². The van der Waals surface area contributed by atoms with Gasteiger partial charge in [0.1, 0.15) is 0 Å². The van der Waals surface area contributed by atoms with E-state index in [0.717, 1.165) is 13.0 Å². The maximum absolute atomic E-state index is 3.50. The van der Waals surface area contributed by atoms with E-state index in [1.54, 1.807) is 0 Å². The van der Waals surface area contributed by atoms with Crippen molar-refractivity contribution in [1.29, 1.82) is 0 Å². The molecule has 0 spiro atoms. The first-order chi connectivity index (χ1) is 5.90. The molecule has 1 radical (unpaired) electrons. The van der Waals surface area contributed by atoms with Gasteiger partial charge in [-0.1, -0.05) is 6.92 Å². The Kier molecular flexibility index (Phi) is 4.57. The fourth-order valence-electron chi connectivity index (χ4n) is 1.72. The van der Waals surface area contributed by atoms with Crippen LogP contribution in [-0.2, 0) is 45.7 Å². The second kappa shape index (κ2) is 5.24. The number of hydrogen-bond acceptors (Lipinski definition) is 1. The van der Waals surface area contributed by atoms with E-state index in [1.807, 2.05) is 6.07 Å². The molecule has 0 fully saturated rings. The van der Waals surface area contributed by atoms with E-state index in [-0.39, 0.29) is 32.7 Å². The van der Waals surface area contributed by atoms with Crippen LogP contribution in [0.5, 0.6) is 0 Å². The maximum Gasteiger partial charge on any atom is 0.00772 e. The van der Waals surface area contributed by atoms with Crippen molar-refractivity contribution in [2.45, 2.75) is 32.4 Å². The zero-order valence-corrected chi connectivity index (χ0v) is 10.8. The van der Waals surface area contributed by atoms with E-state index < -0.39 is 0 Å². The molecule has 1 aromatic carbocycles. The van der Waals surface area contributed by atoms with Crippen molar-refractivity contribution in [2.75, 3.05) is 0 Å². The monoisotopic (exact) mass is 249 g/mol. The third-order valence-corrected chi connectivity index (χ3v) is 2.56. The largest absolute Gasteiger partial charge is 0.321 e. The molecule has 0 aromatic heterocycles. The maximum atomic E-state index is 3.50. The standard InChI is InChI=1S/C11H14N.Y/c1-2-11-7-9-5-3-4-6-10(9)8-12-11;/h3-4,6,11-12H,2,7-8H2,1H3;/q-1;/t11-;/m0./s1. The summed E-state index contributed by atoms with van der Waals surface area (Å²) < 4.78 is 0. The van der Waals surface area contributed by atoms with Crippen LogP contribution in [0.3, 0.4) is 0 Å². The summed E-state index contributed by atoms with van der Waals surface area (Å²) in [7, 11) is 0. The fourth-order valence-corrected chi connectivity index (χ4v) is 1.72. The van der Waals surface area contributed by atoms with Gasteiger partial charge in [-0.05, 0) is 19.4 Å². The molecule has 0 bridgehead atoms. The average molecular weight is 249 g/mol. The summed E-state index contributed by atoms with van der Waals surface area (Å²) in [6.45, 7) is 3.25. The topological polar surface area (TPSA) is 12.0 Å². The van der Waals surface area contributed by atoms with Crippen molar-refractivity contribution in [3.8, 4) is 0 Å². The summed E-state index contributed by atoms with van der Waals surface area (Å²) in [4.78, 5) is 0. The number of fused-ring (bicyclic) bond motifs is 1. The van der Waals surface area contributed by atoms with E-state index in [4.69, 9.17) is 0 Å². The van der Waals surface area contributed by atoms with E-state index in [2.05, 4.69) is 30.4 Å². The quantitative estimate of drug-likeness (QED) is 0.750. The van der Waals surface area contributed by atoms with Crippen LogP contribution in [0.25, 0.3) is 0 Å². The molecule has 1 aliphatic rings. The Morgan fingerprint density at radius 2 is 2.46 bits per heavy atom. The molecule has 0 unspecified atom stereocenters. The zero-order chi connectivity index (χ0) is 8.39. The van der Waals surface area contributed by atoms with Gasteiger partial charge in [-0.3, -0.25) is 0 Å². The van der Waals surface area contributed by atoms with E-state index in [0.29, 0.717) is 6.04 Å². The summed E-state index contributed by atoms with van der Waals surface area (Å²) in [6.07, 6.45) is 2.36. The summed E-state index contributed by atoms with van der Waals surface area (Å²) in [5.41, 5.74) is 2.82. The molecule has 1 atom stereocenters. The molecule has 1 aliphatic heterocycles. The molecule has 2 heteroatoms. The van der Waals surface area contributed by atoms with Gasteiger partial charge in [-0.15, -0.1) is 5.56 Å². The Morgan fingerprint density at radius 1 is 1.62 bits per heavy atom. The van der Waals surface area contributed by atoms with Gasteiger partial charge in [-0.2, -0.15) is 29.8 Å². The van der Waals surface area contributed by atoms with Crippen LogP contribution >= 0.6 is 0 Å². The first-order valence-corrected chi connectivity index (χ1v) is 4.62. The molecule has 0 saturated carbocycles. The molecule has 67 valence electrons. The number of benzene rings is 1. The molecule has 1 heterocycles. The summed E-state index contributed by atoms with van der Waals surface area (Å²) >= 11 is 0. The van der Waals surface area contributed by atoms with Crippen molar-refractivity contribution in [2.24, 2.45) is 0 Å². The summed E-state index contributed by atoms with van der Waals surface area (Å²) in [5.74, 6) is 0. The molecule has 1 N–H and O–H groups in total. The third kappa shape index (κ3) is 2.62. The molecule has 0 amide bonds. The van der Waals surface area contributed by atoms with Crippen molar-refractivity contribution >= 4 is 0 Å². The molecule has 1 aromatic rings. The van der Waals surface area contributed by atoms with Crippen molar-refractivity contribution in [3.05, 3.63) is 35.4 Å². The number of rotatable bonds is 1. The van der Waals surface area contributed by atoms with Gasteiger partial charge < -0.3 is 5.32 Å². The van der Waals surface area contributed by atoms with Crippen LogP contribution in [0, 0.1) is 6.07 Å². The van der Waals surface area contributed by atoms with Gasteiger partial charge in [0.15, 0.2) is 0 Å². The minimum Gasteiger partial charge on any atom is -0.321 e. The fraction of sp³-hybridized carbons (Fsp3) is 0.455. The summed E-state index contributed by atoms with van der Waals surface area (Å²) in [5, 5.41) is 3.50. The zero-order valence-electron chi connectivity index (χ0n) is 8.01. The molecule has 0 saturated heterocycles. The Balaban J connectivity index is 0.000000845. The normalized spacial score (nSPS) is 20.2. The van der Waals surface area contributed by atoms with Gasteiger partial charge in [0.05, 0.1) is 0 Å². The van der Waals surface area contributed by atoms with Crippen LogP contribution in [0.1, 0.15) is 24.5 Å².